The minimum atomic E-state index is -0.450. The first kappa shape index (κ1) is 20.1. The molecule has 8 nitrogen and oxygen atoms in total. The molecular formula is C18H18N4O4S. The van der Waals surface area contributed by atoms with E-state index >= 15 is 0 Å². The van der Waals surface area contributed by atoms with Gasteiger partial charge in [0.1, 0.15) is 11.6 Å². The number of anilines is 1. The van der Waals surface area contributed by atoms with Crippen molar-refractivity contribution in [1.82, 2.24) is 9.97 Å². The molecule has 1 N–H and O–H groups in total. The lowest BCUT2D eigenvalue weighted by Gasteiger charge is -2.14. The van der Waals surface area contributed by atoms with Gasteiger partial charge in [0.05, 0.1) is 27.5 Å². The number of hydrogen-bond acceptors (Lipinski definition) is 8. The molecule has 0 aliphatic carbocycles. The Kier molecular flexibility index (Phi) is 7.02. The van der Waals surface area contributed by atoms with Crippen LogP contribution in [0.5, 0.6) is 17.2 Å². The largest absolute Gasteiger partial charge is 0.493 e. The number of carbonyl (C=O) groups is 1. The van der Waals surface area contributed by atoms with Gasteiger partial charge in [-0.1, -0.05) is 11.8 Å². The molecule has 2 aromatic rings. The number of nitrogens with one attached hydrogen (secondary N) is 1. The van der Waals surface area contributed by atoms with E-state index in [0.717, 1.165) is 0 Å². The summed E-state index contributed by atoms with van der Waals surface area (Å²) < 4.78 is 15.9. The summed E-state index contributed by atoms with van der Waals surface area (Å²) in [5.74, 6) is 1.08. The number of thioether (sulfide) groups is 1. The van der Waals surface area contributed by atoms with Crippen LogP contribution in [0.2, 0.25) is 0 Å². The molecule has 0 spiro atoms. The van der Waals surface area contributed by atoms with E-state index in [2.05, 4.69) is 15.3 Å². The van der Waals surface area contributed by atoms with Gasteiger partial charge in [-0.25, -0.2) is 9.97 Å². The van der Waals surface area contributed by atoms with Crippen LogP contribution in [-0.4, -0.2) is 43.5 Å². The monoisotopic (exact) mass is 386 g/mol. The first-order valence-electron chi connectivity index (χ1n) is 7.67. The number of benzene rings is 1. The predicted octanol–water partition coefficient (Wildman–Crippen LogP) is 2.75. The van der Waals surface area contributed by atoms with Crippen molar-refractivity contribution in [3.8, 4) is 23.3 Å². The Labute approximate surface area is 161 Å². The summed E-state index contributed by atoms with van der Waals surface area (Å²) in [6.45, 7) is 0. The number of amides is 1. The molecular weight excluding hydrogens is 368 g/mol. The second-order valence-electron chi connectivity index (χ2n) is 4.98. The molecule has 0 fully saturated rings. The summed E-state index contributed by atoms with van der Waals surface area (Å²) in [5.41, 5.74) is 0.802. The second kappa shape index (κ2) is 9.45. The van der Waals surface area contributed by atoms with Crippen LogP contribution in [0, 0.1) is 11.3 Å². The zero-order chi connectivity index (χ0) is 19.8. The van der Waals surface area contributed by atoms with E-state index < -0.39 is 5.91 Å². The van der Waals surface area contributed by atoms with Crippen LogP contribution in [0.4, 0.5) is 5.82 Å². The first-order valence-corrected chi connectivity index (χ1v) is 8.89. The van der Waals surface area contributed by atoms with Crippen LogP contribution in [0.3, 0.4) is 0 Å². The number of methoxy groups -OCH3 is 3. The summed E-state index contributed by atoms with van der Waals surface area (Å²) in [6, 6.07) is 5.40. The first-order chi connectivity index (χ1) is 13.1. The van der Waals surface area contributed by atoms with E-state index in [1.165, 1.54) is 45.4 Å². The number of rotatable bonds is 7. The summed E-state index contributed by atoms with van der Waals surface area (Å²) in [6.07, 6.45) is 6.05. The van der Waals surface area contributed by atoms with Gasteiger partial charge in [0, 0.05) is 11.6 Å². The van der Waals surface area contributed by atoms with Crippen LogP contribution in [0.25, 0.3) is 6.08 Å². The highest BCUT2D eigenvalue weighted by Crippen LogP contribution is 2.40. The fraction of sp³-hybridized carbons (Fsp3) is 0.222. The third-order valence-electron chi connectivity index (χ3n) is 3.46. The van der Waals surface area contributed by atoms with Gasteiger partial charge in [0.2, 0.25) is 11.7 Å². The van der Waals surface area contributed by atoms with Crippen LogP contribution in [-0.2, 0) is 4.79 Å². The normalized spacial score (nSPS) is 10.3. The molecule has 0 saturated heterocycles. The number of nitrogens with zero attached hydrogens (tertiary/aromatic N) is 3. The standard InChI is InChI=1S/C18H18N4O4S/c1-24-13-7-5-11(15(25-2)16(13)26-3)6-8-14(23)21-17-12(9-19)10-20-18(22-17)27-4/h5-8,10H,1-4H3,(H,20,21,22,23)/b8-6+. The lowest BCUT2D eigenvalue weighted by molar-refractivity contribution is -0.111. The Bertz CT molecular complexity index is 909. The highest BCUT2D eigenvalue weighted by atomic mass is 32.2. The summed E-state index contributed by atoms with van der Waals surface area (Å²) in [5, 5.41) is 12.2. The van der Waals surface area contributed by atoms with Crippen molar-refractivity contribution < 1.29 is 19.0 Å². The minimum Gasteiger partial charge on any atom is -0.493 e. The van der Waals surface area contributed by atoms with Crippen LogP contribution < -0.4 is 19.5 Å². The van der Waals surface area contributed by atoms with Gasteiger partial charge >= 0.3 is 0 Å². The highest BCUT2D eigenvalue weighted by Gasteiger charge is 2.15. The van der Waals surface area contributed by atoms with Crippen molar-refractivity contribution >= 4 is 29.6 Å². The van der Waals surface area contributed by atoms with E-state index in [1.807, 2.05) is 6.07 Å². The third kappa shape index (κ3) is 4.68. The quantitative estimate of drug-likeness (QED) is 0.440. The van der Waals surface area contributed by atoms with E-state index in [4.69, 9.17) is 19.5 Å². The Morgan fingerprint density at radius 1 is 1.22 bits per heavy atom. The zero-order valence-corrected chi connectivity index (χ0v) is 16.1. The van der Waals surface area contributed by atoms with Gasteiger partial charge in [0.25, 0.3) is 0 Å². The van der Waals surface area contributed by atoms with Crippen LogP contribution in [0.1, 0.15) is 11.1 Å². The molecule has 0 radical (unpaired) electrons. The summed E-state index contributed by atoms with van der Waals surface area (Å²) in [7, 11) is 4.53. The molecule has 0 aliphatic heterocycles. The fourth-order valence-corrected chi connectivity index (χ4v) is 2.56. The van der Waals surface area contributed by atoms with Crippen LogP contribution in [0.15, 0.2) is 29.6 Å². The van der Waals surface area contributed by atoms with E-state index in [1.54, 1.807) is 24.5 Å². The smallest absolute Gasteiger partial charge is 0.249 e. The fourth-order valence-electron chi connectivity index (χ4n) is 2.22. The van der Waals surface area contributed by atoms with Gasteiger partial charge in [-0.2, -0.15) is 5.26 Å². The lowest BCUT2D eigenvalue weighted by atomic mass is 10.1. The number of aromatic nitrogens is 2. The molecule has 2 rings (SSSR count). The molecule has 140 valence electrons. The molecule has 0 atom stereocenters. The SMILES string of the molecule is COc1ccc(/C=C/C(=O)Nc2nc(SC)ncc2C#N)c(OC)c1OC. The van der Waals surface area contributed by atoms with Gasteiger partial charge < -0.3 is 19.5 Å². The molecule has 1 aromatic heterocycles. The average Bonchev–Trinajstić information content (AvgIpc) is 2.71. The maximum Gasteiger partial charge on any atom is 0.249 e. The number of hydrogen-bond donors (Lipinski definition) is 1. The van der Waals surface area contributed by atoms with Crippen molar-refractivity contribution in [3.63, 3.8) is 0 Å². The molecule has 0 aliphatic rings. The number of ether oxygens (including phenoxy) is 3. The maximum absolute atomic E-state index is 12.3. The zero-order valence-electron chi connectivity index (χ0n) is 15.3. The molecule has 9 heteroatoms. The molecule has 1 amide bonds. The molecule has 0 unspecified atom stereocenters. The second-order valence-corrected chi connectivity index (χ2v) is 5.75. The Hall–Kier alpha value is -3.25. The van der Waals surface area contributed by atoms with E-state index in [0.29, 0.717) is 28.0 Å². The maximum atomic E-state index is 12.3. The van der Waals surface area contributed by atoms with Gasteiger partial charge in [-0.15, -0.1) is 0 Å². The molecule has 1 aromatic carbocycles. The third-order valence-corrected chi connectivity index (χ3v) is 4.02. The van der Waals surface area contributed by atoms with Crippen molar-refractivity contribution in [2.24, 2.45) is 0 Å². The molecule has 0 saturated carbocycles. The average molecular weight is 386 g/mol. The number of nitriles is 1. The summed E-state index contributed by atoms with van der Waals surface area (Å²) >= 11 is 1.31. The van der Waals surface area contributed by atoms with Crippen molar-refractivity contribution in [1.29, 1.82) is 5.26 Å². The predicted molar refractivity (Wildman–Crippen MR) is 102 cm³/mol. The van der Waals surface area contributed by atoms with Crippen LogP contribution >= 0.6 is 11.8 Å². The van der Waals surface area contributed by atoms with E-state index in [9.17, 15) is 4.79 Å². The highest BCUT2D eigenvalue weighted by molar-refractivity contribution is 7.98. The summed E-state index contributed by atoms with van der Waals surface area (Å²) in [4.78, 5) is 20.4. The lowest BCUT2D eigenvalue weighted by Crippen LogP contribution is -2.11. The number of carbonyl (C=O) groups excluding carboxylic acids is 1. The Morgan fingerprint density at radius 2 is 1.96 bits per heavy atom. The Balaban J connectivity index is 2.27. The van der Waals surface area contributed by atoms with Gasteiger partial charge in [-0.05, 0) is 24.5 Å². The molecule has 1 heterocycles. The van der Waals surface area contributed by atoms with E-state index in [-0.39, 0.29) is 11.4 Å². The Morgan fingerprint density at radius 3 is 2.56 bits per heavy atom. The van der Waals surface area contributed by atoms with Gasteiger partial charge in [-0.3, -0.25) is 4.79 Å². The van der Waals surface area contributed by atoms with Crippen molar-refractivity contribution in [3.05, 3.63) is 35.5 Å². The minimum absolute atomic E-state index is 0.158. The van der Waals surface area contributed by atoms with Crippen molar-refractivity contribution in [2.75, 3.05) is 32.9 Å². The molecule has 0 bridgehead atoms. The van der Waals surface area contributed by atoms with Gasteiger partial charge in [0.15, 0.2) is 22.5 Å². The topological polar surface area (TPSA) is 106 Å². The molecule has 27 heavy (non-hydrogen) atoms. The van der Waals surface area contributed by atoms with Crippen molar-refractivity contribution in [2.45, 2.75) is 5.16 Å².